The summed E-state index contributed by atoms with van der Waals surface area (Å²) >= 11 is 0. The molecule has 272 valence electrons. The summed E-state index contributed by atoms with van der Waals surface area (Å²) < 4.78 is 38.4. The van der Waals surface area contributed by atoms with Gasteiger partial charge in [0, 0.05) is 50.9 Å². The lowest BCUT2D eigenvalue weighted by atomic mass is 9.81. The average molecular weight is 717 g/mol. The number of benzene rings is 6. The molecule has 0 N–H and O–H groups in total. The van der Waals surface area contributed by atoms with E-state index in [0.29, 0.717) is 13.2 Å². The van der Waals surface area contributed by atoms with Crippen LogP contribution in [0.2, 0.25) is 0 Å². The van der Waals surface area contributed by atoms with Crippen LogP contribution in [0.25, 0.3) is 22.9 Å². The van der Waals surface area contributed by atoms with Gasteiger partial charge in [-0.25, -0.2) is 0 Å². The molecular formula is C48H44O6. The molecule has 6 aromatic carbocycles. The molecular weight excluding hydrogens is 673 g/mol. The summed E-state index contributed by atoms with van der Waals surface area (Å²) in [6, 6.07) is 40.9. The third-order valence-electron chi connectivity index (χ3n) is 10.2. The van der Waals surface area contributed by atoms with Crippen LogP contribution in [0.4, 0.5) is 0 Å². The van der Waals surface area contributed by atoms with Gasteiger partial charge in [-0.2, -0.15) is 0 Å². The van der Waals surface area contributed by atoms with Crippen molar-refractivity contribution in [1.82, 2.24) is 0 Å². The summed E-state index contributed by atoms with van der Waals surface area (Å²) in [5.74, 6) is 4.42. The molecule has 0 saturated carbocycles. The van der Waals surface area contributed by atoms with E-state index in [2.05, 4.69) is 86.7 Å². The fraction of sp³-hybridized carbons (Fsp3) is 0.208. The van der Waals surface area contributed by atoms with E-state index in [-0.39, 0.29) is 0 Å². The Morgan fingerprint density at radius 1 is 0.519 bits per heavy atom. The van der Waals surface area contributed by atoms with Crippen molar-refractivity contribution in [3.8, 4) is 34.5 Å². The van der Waals surface area contributed by atoms with Crippen LogP contribution in [-0.4, -0.2) is 27.4 Å². The van der Waals surface area contributed by atoms with Crippen LogP contribution >= 0.6 is 0 Å². The van der Waals surface area contributed by atoms with E-state index in [1.54, 1.807) is 14.2 Å². The Kier molecular flexibility index (Phi) is 9.51. The van der Waals surface area contributed by atoms with Crippen LogP contribution in [-0.2, 0) is 11.2 Å². The summed E-state index contributed by atoms with van der Waals surface area (Å²) in [4.78, 5) is 0. The highest BCUT2D eigenvalue weighted by Crippen LogP contribution is 2.51. The van der Waals surface area contributed by atoms with Gasteiger partial charge in [-0.05, 0) is 78.9 Å². The number of fused-ring (bicyclic) bond motifs is 5. The van der Waals surface area contributed by atoms with E-state index in [0.717, 1.165) is 91.5 Å². The molecule has 6 aromatic rings. The van der Waals surface area contributed by atoms with Crippen LogP contribution in [0, 0.1) is 0 Å². The zero-order valence-electron chi connectivity index (χ0n) is 31.1. The molecule has 0 radical (unpaired) electrons. The molecule has 2 atom stereocenters. The van der Waals surface area contributed by atoms with Crippen LogP contribution in [0.1, 0.15) is 60.1 Å². The molecule has 54 heavy (non-hydrogen) atoms. The van der Waals surface area contributed by atoms with E-state index >= 15 is 0 Å². The molecule has 2 unspecified atom stereocenters. The molecule has 0 fully saturated rings. The fourth-order valence-corrected chi connectivity index (χ4v) is 7.58. The van der Waals surface area contributed by atoms with E-state index in [4.69, 9.17) is 28.4 Å². The van der Waals surface area contributed by atoms with E-state index in [1.165, 1.54) is 0 Å². The minimum Gasteiger partial charge on any atom is -0.497 e. The van der Waals surface area contributed by atoms with Gasteiger partial charge in [0.2, 0.25) is 0 Å². The topological polar surface area (TPSA) is 55.4 Å². The Morgan fingerprint density at radius 2 is 0.963 bits per heavy atom. The molecule has 0 aliphatic carbocycles. The monoisotopic (exact) mass is 716 g/mol. The van der Waals surface area contributed by atoms with Gasteiger partial charge in [0.15, 0.2) is 11.2 Å². The van der Waals surface area contributed by atoms with Crippen molar-refractivity contribution >= 4 is 22.9 Å². The quantitative estimate of drug-likeness (QED) is 0.126. The normalized spacial score (nSPS) is 18.2. The van der Waals surface area contributed by atoms with Crippen molar-refractivity contribution < 1.29 is 28.4 Å². The highest BCUT2D eigenvalue weighted by Gasteiger charge is 2.42. The van der Waals surface area contributed by atoms with Crippen LogP contribution < -0.4 is 28.4 Å². The van der Waals surface area contributed by atoms with Crippen LogP contribution in [0.5, 0.6) is 34.5 Å². The number of ether oxygens (including phenoxy) is 6. The lowest BCUT2D eigenvalue weighted by Crippen LogP contribution is -2.35. The summed E-state index contributed by atoms with van der Waals surface area (Å²) in [7, 11) is 3.34. The molecule has 2 heterocycles. The van der Waals surface area contributed by atoms with Gasteiger partial charge in [0.25, 0.3) is 0 Å². The minimum absolute atomic E-state index is 0.571. The van der Waals surface area contributed by atoms with Crippen molar-refractivity contribution in [1.29, 1.82) is 0 Å². The number of hydrogen-bond acceptors (Lipinski definition) is 6. The van der Waals surface area contributed by atoms with Gasteiger partial charge in [0.1, 0.15) is 34.5 Å². The molecule has 2 aliphatic rings. The minimum atomic E-state index is -0.954. The Morgan fingerprint density at radius 3 is 1.37 bits per heavy atom. The third-order valence-corrected chi connectivity index (χ3v) is 10.2. The van der Waals surface area contributed by atoms with Crippen molar-refractivity contribution in [2.45, 2.75) is 37.9 Å². The smallest absolute Gasteiger partial charge is 0.181 e. The maximum Gasteiger partial charge on any atom is 0.181 e. The SMILES string of the molecule is CCCOc1cc(OC)ccc1C1(c2ccccc2)C=Cc2c(ccc3ccc4c(c23)C=CC(c2ccccc2)(c2ccc(OC)cc2OCCC)O4)O1. The van der Waals surface area contributed by atoms with Gasteiger partial charge in [-0.3, -0.25) is 0 Å². The largest absolute Gasteiger partial charge is 0.497 e. The maximum atomic E-state index is 7.24. The van der Waals surface area contributed by atoms with Crippen molar-refractivity contribution in [2.75, 3.05) is 27.4 Å². The fourth-order valence-electron chi connectivity index (χ4n) is 7.58. The molecule has 0 bridgehead atoms. The predicted molar refractivity (Wildman–Crippen MR) is 215 cm³/mol. The molecule has 0 saturated heterocycles. The first kappa shape index (κ1) is 34.9. The maximum absolute atomic E-state index is 7.24. The molecule has 2 aliphatic heterocycles. The van der Waals surface area contributed by atoms with Gasteiger partial charge in [0.05, 0.1) is 27.4 Å². The summed E-state index contributed by atoms with van der Waals surface area (Å²) in [6.45, 7) is 5.34. The lowest BCUT2D eigenvalue weighted by Gasteiger charge is -2.38. The van der Waals surface area contributed by atoms with Gasteiger partial charge >= 0.3 is 0 Å². The third kappa shape index (κ3) is 6.02. The zero-order valence-corrected chi connectivity index (χ0v) is 31.1. The molecule has 0 aromatic heterocycles. The Hall–Kier alpha value is -6.14. The number of methoxy groups -OCH3 is 2. The molecule has 0 amide bonds. The van der Waals surface area contributed by atoms with Crippen molar-refractivity contribution in [2.24, 2.45) is 0 Å². The Labute approximate surface area is 317 Å². The van der Waals surface area contributed by atoms with Gasteiger partial charge in [-0.15, -0.1) is 0 Å². The Bertz CT molecular complexity index is 2190. The van der Waals surface area contributed by atoms with Crippen LogP contribution in [0.3, 0.4) is 0 Å². The summed E-state index contributed by atoms with van der Waals surface area (Å²) in [6.07, 6.45) is 10.4. The summed E-state index contributed by atoms with van der Waals surface area (Å²) in [5, 5.41) is 2.14. The van der Waals surface area contributed by atoms with Crippen molar-refractivity contribution in [3.05, 3.63) is 167 Å². The molecule has 8 rings (SSSR count). The average Bonchev–Trinajstić information content (AvgIpc) is 3.24. The second-order valence-corrected chi connectivity index (χ2v) is 13.5. The second kappa shape index (κ2) is 14.7. The Balaban J connectivity index is 1.29. The first-order valence-corrected chi connectivity index (χ1v) is 18.6. The van der Waals surface area contributed by atoms with E-state index < -0.39 is 11.2 Å². The van der Waals surface area contributed by atoms with Gasteiger partial charge < -0.3 is 28.4 Å². The van der Waals surface area contributed by atoms with Crippen molar-refractivity contribution in [3.63, 3.8) is 0 Å². The van der Waals surface area contributed by atoms with Gasteiger partial charge in [-0.1, -0.05) is 86.6 Å². The van der Waals surface area contributed by atoms with E-state index in [9.17, 15) is 0 Å². The molecule has 0 spiro atoms. The zero-order chi connectivity index (χ0) is 37.1. The highest BCUT2D eigenvalue weighted by molar-refractivity contribution is 6.02. The predicted octanol–water partition coefficient (Wildman–Crippen LogP) is 11.1. The highest BCUT2D eigenvalue weighted by atomic mass is 16.5. The molecule has 6 nitrogen and oxygen atoms in total. The first-order valence-electron chi connectivity index (χ1n) is 18.6. The summed E-state index contributed by atoms with van der Waals surface area (Å²) in [5.41, 5.74) is 3.84. The lowest BCUT2D eigenvalue weighted by molar-refractivity contribution is 0.154. The standard InChI is InChI=1S/C48H44O6/c1-5-29-51-44-31-36(49-3)19-21-40(44)47(34-13-9-7-10-14-34)27-25-38-42(53-47)23-17-33-18-24-43-39(46(33)38)26-28-48(54-43,35-15-11-8-12-16-35)41-22-20-37(50-4)32-45(41)52-30-6-2/h7-28,31-32H,5-6,29-30H2,1-4H3. The number of hydrogen-bond donors (Lipinski definition) is 0. The second-order valence-electron chi connectivity index (χ2n) is 13.5. The number of rotatable bonds is 12. The van der Waals surface area contributed by atoms with E-state index in [1.807, 2.05) is 72.8 Å². The first-order chi connectivity index (χ1) is 26.5. The molecule has 6 heteroatoms. The van der Waals surface area contributed by atoms with Crippen LogP contribution in [0.15, 0.2) is 133 Å².